The molecule has 0 spiro atoms. The number of anilines is 2. The third kappa shape index (κ3) is 3.50. The number of fused-ring (bicyclic) bond motifs is 1. The number of halogens is 3. The summed E-state index contributed by atoms with van der Waals surface area (Å²) >= 11 is 0. The van der Waals surface area contributed by atoms with Crippen molar-refractivity contribution in [3.8, 4) is 5.75 Å². The van der Waals surface area contributed by atoms with Gasteiger partial charge in [0.25, 0.3) is 5.56 Å². The molecule has 27 heavy (non-hydrogen) atoms. The minimum Gasteiger partial charge on any atom is -0.503 e. The minimum atomic E-state index is -4.52. The molecule has 0 fully saturated rings. The van der Waals surface area contributed by atoms with Crippen molar-refractivity contribution in [2.24, 2.45) is 7.05 Å². The topological polar surface area (TPSA) is 106 Å². The van der Waals surface area contributed by atoms with Gasteiger partial charge in [-0.3, -0.25) is 9.36 Å². The molecule has 2 aromatic heterocycles. The van der Waals surface area contributed by atoms with Gasteiger partial charge in [-0.25, -0.2) is 9.97 Å². The van der Waals surface area contributed by atoms with E-state index in [-0.39, 0.29) is 17.2 Å². The SMILES string of the molecule is C[C@@H](Nc1ncnc2c1cc(O)c(=O)n2C)c1cc(N)cc(C(F)(F)F)c1. The molecule has 0 unspecified atom stereocenters. The summed E-state index contributed by atoms with van der Waals surface area (Å²) in [6, 6.07) is 3.93. The number of benzene rings is 1. The van der Waals surface area contributed by atoms with Crippen LogP contribution in [-0.2, 0) is 13.2 Å². The van der Waals surface area contributed by atoms with Crippen LogP contribution in [0.4, 0.5) is 24.7 Å². The van der Waals surface area contributed by atoms with Gasteiger partial charge < -0.3 is 16.2 Å². The summed E-state index contributed by atoms with van der Waals surface area (Å²) in [5.74, 6) is -0.229. The van der Waals surface area contributed by atoms with E-state index in [2.05, 4.69) is 15.3 Å². The number of nitrogen functional groups attached to an aromatic ring is 1. The third-order valence-corrected chi connectivity index (χ3v) is 4.14. The van der Waals surface area contributed by atoms with Gasteiger partial charge >= 0.3 is 6.18 Å². The number of pyridine rings is 1. The van der Waals surface area contributed by atoms with Crippen molar-refractivity contribution in [3.05, 3.63) is 52.1 Å². The Balaban J connectivity index is 2.04. The Bertz CT molecular complexity index is 1080. The maximum absolute atomic E-state index is 13.0. The summed E-state index contributed by atoms with van der Waals surface area (Å²) in [5.41, 5.74) is 4.71. The van der Waals surface area contributed by atoms with E-state index in [0.717, 1.165) is 16.7 Å². The summed E-state index contributed by atoms with van der Waals surface area (Å²) in [6.07, 6.45) is -3.30. The zero-order chi connectivity index (χ0) is 19.9. The van der Waals surface area contributed by atoms with Gasteiger partial charge in [-0.2, -0.15) is 13.2 Å². The molecule has 3 aromatic rings. The van der Waals surface area contributed by atoms with Crippen molar-refractivity contribution in [3.63, 3.8) is 0 Å². The first-order chi connectivity index (χ1) is 12.6. The fourth-order valence-corrected chi connectivity index (χ4v) is 2.75. The van der Waals surface area contributed by atoms with E-state index in [4.69, 9.17) is 5.73 Å². The lowest BCUT2D eigenvalue weighted by atomic mass is 10.0. The third-order valence-electron chi connectivity index (χ3n) is 4.14. The first-order valence-electron chi connectivity index (χ1n) is 7.86. The zero-order valence-corrected chi connectivity index (χ0v) is 14.4. The highest BCUT2D eigenvalue weighted by molar-refractivity contribution is 5.87. The van der Waals surface area contributed by atoms with E-state index >= 15 is 0 Å². The molecular weight excluding hydrogens is 363 g/mol. The first kappa shape index (κ1) is 18.5. The van der Waals surface area contributed by atoms with Crippen LogP contribution in [0.25, 0.3) is 11.0 Å². The summed E-state index contributed by atoms with van der Waals surface area (Å²) in [5, 5.41) is 13.1. The zero-order valence-electron chi connectivity index (χ0n) is 14.4. The average molecular weight is 379 g/mol. The minimum absolute atomic E-state index is 0.0129. The van der Waals surface area contributed by atoms with Crippen molar-refractivity contribution in [2.45, 2.75) is 19.1 Å². The van der Waals surface area contributed by atoms with Gasteiger partial charge in [-0.15, -0.1) is 0 Å². The quantitative estimate of drug-likeness (QED) is 0.604. The highest BCUT2D eigenvalue weighted by Crippen LogP contribution is 2.33. The van der Waals surface area contributed by atoms with Crippen molar-refractivity contribution in [2.75, 3.05) is 11.1 Å². The average Bonchev–Trinajstić information content (AvgIpc) is 2.59. The van der Waals surface area contributed by atoms with Crippen LogP contribution in [0.3, 0.4) is 0 Å². The van der Waals surface area contributed by atoms with Crippen LogP contribution in [0.15, 0.2) is 35.4 Å². The van der Waals surface area contributed by atoms with Crippen molar-refractivity contribution in [1.82, 2.24) is 14.5 Å². The largest absolute Gasteiger partial charge is 0.503 e. The molecule has 0 saturated carbocycles. The maximum atomic E-state index is 13.0. The number of aryl methyl sites for hydroxylation is 1. The summed E-state index contributed by atoms with van der Waals surface area (Å²) in [6.45, 7) is 1.64. The Labute approximate surface area is 151 Å². The second-order valence-corrected chi connectivity index (χ2v) is 6.11. The molecule has 0 aliphatic heterocycles. The normalized spacial score (nSPS) is 12.9. The van der Waals surface area contributed by atoms with Gasteiger partial charge in [-0.1, -0.05) is 0 Å². The Morgan fingerprint density at radius 2 is 1.93 bits per heavy atom. The van der Waals surface area contributed by atoms with E-state index in [9.17, 15) is 23.1 Å². The molecule has 0 saturated heterocycles. The van der Waals surface area contributed by atoms with Crippen LogP contribution < -0.4 is 16.6 Å². The standard InChI is InChI=1S/C17H16F3N5O2/c1-8(9-3-10(17(18,19)20)5-11(21)4-9)24-14-12-6-13(26)16(27)25(2)15(12)23-7-22-14/h3-8,26H,21H2,1-2H3,(H,22,23,24)/t8-/m1/s1. The lowest BCUT2D eigenvalue weighted by Crippen LogP contribution is -2.18. The van der Waals surface area contributed by atoms with E-state index in [1.807, 2.05) is 0 Å². The van der Waals surface area contributed by atoms with Gasteiger partial charge in [-0.05, 0) is 30.7 Å². The highest BCUT2D eigenvalue weighted by atomic mass is 19.4. The number of hydrogen-bond donors (Lipinski definition) is 3. The summed E-state index contributed by atoms with van der Waals surface area (Å²) in [4.78, 5) is 19.9. The van der Waals surface area contributed by atoms with Gasteiger partial charge in [0.2, 0.25) is 0 Å². The fourth-order valence-electron chi connectivity index (χ4n) is 2.75. The maximum Gasteiger partial charge on any atom is 0.416 e. The summed E-state index contributed by atoms with van der Waals surface area (Å²) in [7, 11) is 1.44. The van der Waals surface area contributed by atoms with E-state index in [1.54, 1.807) is 6.92 Å². The monoisotopic (exact) mass is 379 g/mol. The Kier molecular flexibility index (Phi) is 4.42. The van der Waals surface area contributed by atoms with Crippen molar-refractivity contribution >= 4 is 22.5 Å². The molecule has 1 atom stereocenters. The number of nitrogens with two attached hydrogens (primary N) is 1. The predicted molar refractivity (Wildman–Crippen MR) is 94.3 cm³/mol. The van der Waals surface area contributed by atoms with E-state index in [1.165, 1.54) is 25.5 Å². The molecule has 142 valence electrons. The molecule has 0 bridgehead atoms. The van der Waals surface area contributed by atoms with Gasteiger partial charge in [0.05, 0.1) is 17.0 Å². The number of nitrogens with zero attached hydrogens (tertiary/aromatic N) is 3. The van der Waals surface area contributed by atoms with Crippen molar-refractivity contribution in [1.29, 1.82) is 0 Å². The highest BCUT2D eigenvalue weighted by Gasteiger charge is 2.31. The molecule has 0 amide bonds. The number of hydrogen-bond acceptors (Lipinski definition) is 6. The Morgan fingerprint density at radius 3 is 2.59 bits per heavy atom. The molecule has 3 rings (SSSR count). The number of aromatic hydroxyl groups is 1. The van der Waals surface area contributed by atoms with Crippen LogP contribution in [-0.4, -0.2) is 19.6 Å². The number of alkyl halides is 3. The van der Waals surface area contributed by atoms with Gasteiger partial charge in [0.1, 0.15) is 17.8 Å². The lowest BCUT2D eigenvalue weighted by Gasteiger charge is -2.19. The lowest BCUT2D eigenvalue weighted by molar-refractivity contribution is -0.137. The van der Waals surface area contributed by atoms with Crippen LogP contribution in [0.1, 0.15) is 24.1 Å². The second kappa shape index (κ2) is 6.45. The van der Waals surface area contributed by atoms with E-state index < -0.39 is 29.1 Å². The second-order valence-electron chi connectivity index (χ2n) is 6.11. The number of aromatic nitrogens is 3. The molecule has 4 N–H and O–H groups in total. The Hall–Kier alpha value is -3.30. The number of rotatable bonds is 3. The van der Waals surface area contributed by atoms with Crippen LogP contribution in [0.5, 0.6) is 5.75 Å². The van der Waals surface area contributed by atoms with Crippen molar-refractivity contribution < 1.29 is 18.3 Å². The van der Waals surface area contributed by atoms with E-state index in [0.29, 0.717) is 10.9 Å². The Morgan fingerprint density at radius 1 is 1.22 bits per heavy atom. The van der Waals surface area contributed by atoms with Crippen LogP contribution in [0, 0.1) is 0 Å². The smallest absolute Gasteiger partial charge is 0.416 e. The predicted octanol–water partition coefficient (Wildman–Crippen LogP) is 2.81. The van der Waals surface area contributed by atoms with Gasteiger partial charge in [0, 0.05) is 18.8 Å². The molecule has 7 nitrogen and oxygen atoms in total. The molecule has 10 heteroatoms. The van der Waals surface area contributed by atoms with Gasteiger partial charge in [0.15, 0.2) is 5.75 Å². The summed E-state index contributed by atoms with van der Waals surface area (Å²) < 4.78 is 40.2. The molecule has 2 heterocycles. The molecule has 1 aromatic carbocycles. The molecule has 0 radical (unpaired) electrons. The molecule has 0 aliphatic carbocycles. The first-order valence-corrected chi connectivity index (χ1v) is 7.86. The molecule has 0 aliphatic rings. The van der Waals surface area contributed by atoms with Crippen LogP contribution >= 0.6 is 0 Å². The fraction of sp³-hybridized carbons (Fsp3) is 0.235. The molecular formula is C17H16F3N5O2. The number of nitrogens with one attached hydrogen (secondary N) is 1. The van der Waals surface area contributed by atoms with Crippen LogP contribution in [0.2, 0.25) is 0 Å².